The third-order valence-corrected chi connectivity index (χ3v) is 1.54. The maximum absolute atomic E-state index is 5.64. The fourth-order valence-electron chi connectivity index (χ4n) is 0.428. The third kappa shape index (κ3) is 1.14. The number of aryl methyl sites for hydroxylation is 1. The standard InChI is InChI=1S/C4H5ClN2OS/c1-2-3(5)4(7-9)8-6-2/h7,9H,1H3. The van der Waals surface area contributed by atoms with Crippen LogP contribution in [0.3, 0.4) is 0 Å². The maximum atomic E-state index is 5.64. The lowest BCUT2D eigenvalue weighted by atomic mass is 10.5. The largest absolute Gasteiger partial charge is 0.336 e. The van der Waals surface area contributed by atoms with Crippen LogP contribution in [0.5, 0.6) is 0 Å². The molecule has 0 spiro atoms. The highest BCUT2D eigenvalue weighted by Crippen LogP contribution is 2.24. The van der Waals surface area contributed by atoms with E-state index in [4.69, 9.17) is 11.6 Å². The molecule has 1 rings (SSSR count). The lowest BCUT2D eigenvalue weighted by molar-refractivity contribution is 0.431. The lowest BCUT2D eigenvalue weighted by Gasteiger charge is -1.86. The summed E-state index contributed by atoms with van der Waals surface area (Å²) in [5, 5.41) is 4.05. The number of halogens is 1. The maximum Gasteiger partial charge on any atom is 0.253 e. The van der Waals surface area contributed by atoms with E-state index in [0.717, 1.165) is 0 Å². The zero-order chi connectivity index (χ0) is 6.85. The Kier molecular flexibility index (Phi) is 1.87. The van der Waals surface area contributed by atoms with Crippen LogP contribution in [0.1, 0.15) is 5.69 Å². The second-order valence-corrected chi connectivity index (χ2v) is 2.12. The van der Waals surface area contributed by atoms with Crippen LogP contribution in [0.25, 0.3) is 0 Å². The highest BCUT2D eigenvalue weighted by molar-refractivity contribution is 7.81. The summed E-state index contributed by atoms with van der Waals surface area (Å²) in [6.07, 6.45) is 0. The van der Waals surface area contributed by atoms with Gasteiger partial charge in [-0.25, -0.2) is 0 Å². The molecule has 3 nitrogen and oxygen atoms in total. The van der Waals surface area contributed by atoms with E-state index in [0.29, 0.717) is 16.6 Å². The summed E-state index contributed by atoms with van der Waals surface area (Å²) in [5.41, 5.74) is 0.660. The molecule has 1 heterocycles. The normalized spacial score (nSPS) is 9.67. The summed E-state index contributed by atoms with van der Waals surface area (Å²) in [5.74, 6) is 0.387. The number of hydrogen-bond donors (Lipinski definition) is 2. The van der Waals surface area contributed by atoms with Gasteiger partial charge in [0.05, 0.1) is 0 Å². The first-order valence-electron chi connectivity index (χ1n) is 2.27. The van der Waals surface area contributed by atoms with Gasteiger partial charge in [0.25, 0.3) is 5.88 Å². The zero-order valence-corrected chi connectivity index (χ0v) is 6.33. The molecule has 0 fully saturated rings. The van der Waals surface area contributed by atoms with Crippen LogP contribution in [0, 0.1) is 6.92 Å². The molecule has 0 radical (unpaired) electrons. The number of aromatic nitrogens is 1. The number of nitrogens with zero attached hydrogens (tertiary/aromatic N) is 1. The molecule has 0 bridgehead atoms. The van der Waals surface area contributed by atoms with E-state index in [1.54, 1.807) is 6.92 Å². The summed E-state index contributed by atoms with van der Waals surface area (Å²) < 4.78 is 7.12. The lowest BCUT2D eigenvalue weighted by Crippen LogP contribution is -1.74. The fraction of sp³-hybridized carbons (Fsp3) is 0.250. The minimum atomic E-state index is 0.387. The SMILES string of the molecule is Cc1noc(NS)c1Cl. The van der Waals surface area contributed by atoms with Crippen LogP contribution in [-0.4, -0.2) is 5.16 Å². The van der Waals surface area contributed by atoms with Gasteiger partial charge in [0, 0.05) is 0 Å². The Morgan fingerprint density at radius 3 is 2.67 bits per heavy atom. The molecule has 5 heteroatoms. The predicted molar refractivity (Wildman–Crippen MR) is 38.9 cm³/mol. The van der Waals surface area contributed by atoms with E-state index < -0.39 is 0 Å². The average molecular weight is 165 g/mol. The molecule has 1 aromatic rings. The van der Waals surface area contributed by atoms with Crippen molar-refractivity contribution in [2.75, 3.05) is 4.72 Å². The van der Waals surface area contributed by atoms with E-state index in [1.807, 2.05) is 0 Å². The molecule has 1 aromatic heterocycles. The van der Waals surface area contributed by atoms with Crippen molar-refractivity contribution in [3.05, 3.63) is 10.7 Å². The minimum absolute atomic E-state index is 0.387. The zero-order valence-electron chi connectivity index (χ0n) is 4.68. The number of nitrogens with one attached hydrogen (secondary N) is 1. The minimum Gasteiger partial charge on any atom is -0.336 e. The molecule has 9 heavy (non-hydrogen) atoms. The molecule has 0 saturated carbocycles. The van der Waals surface area contributed by atoms with Crippen LogP contribution >= 0.6 is 24.4 Å². The van der Waals surface area contributed by atoms with Crippen molar-refractivity contribution in [3.8, 4) is 0 Å². The third-order valence-electron chi connectivity index (χ3n) is 0.892. The quantitative estimate of drug-likeness (QED) is 0.623. The first-order valence-corrected chi connectivity index (χ1v) is 3.10. The number of anilines is 1. The summed E-state index contributed by atoms with van der Waals surface area (Å²) in [7, 11) is 0. The van der Waals surface area contributed by atoms with Gasteiger partial charge in [0.1, 0.15) is 10.7 Å². The highest BCUT2D eigenvalue weighted by Gasteiger charge is 2.06. The van der Waals surface area contributed by atoms with Gasteiger partial charge in [-0.3, -0.25) is 4.72 Å². The smallest absolute Gasteiger partial charge is 0.253 e. The Morgan fingerprint density at radius 2 is 2.44 bits per heavy atom. The molecule has 0 amide bonds. The van der Waals surface area contributed by atoms with Gasteiger partial charge in [-0.2, -0.15) is 0 Å². The number of thiol groups is 1. The van der Waals surface area contributed by atoms with Crippen molar-refractivity contribution in [2.45, 2.75) is 6.92 Å². The second-order valence-electron chi connectivity index (χ2n) is 1.52. The molecular formula is C4H5ClN2OS. The van der Waals surface area contributed by atoms with Crippen molar-refractivity contribution in [1.82, 2.24) is 5.16 Å². The van der Waals surface area contributed by atoms with Gasteiger partial charge in [-0.15, -0.1) is 0 Å². The molecule has 50 valence electrons. The Bertz CT molecular complexity index is 212. The predicted octanol–water partition coefficient (Wildman–Crippen LogP) is 1.89. The molecule has 0 aliphatic heterocycles. The van der Waals surface area contributed by atoms with Gasteiger partial charge >= 0.3 is 0 Å². The molecule has 0 aliphatic rings. The summed E-state index contributed by atoms with van der Waals surface area (Å²) in [4.78, 5) is 0. The molecule has 0 saturated heterocycles. The average Bonchev–Trinajstić information content (AvgIpc) is 2.15. The van der Waals surface area contributed by atoms with Gasteiger partial charge in [0.15, 0.2) is 0 Å². The van der Waals surface area contributed by atoms with Crippen molar-refractivity contribution in [1.29, 1.82) is 0 Å². The Morgan fingerprint density at radius 1 is 1.78 bits per heavy atom. The van der Waals surface area contributed by atoms with Crippen LogP contribution in [0.4, 0.5) is 5.88 Å². The number of hydrogen-bond acceptors (Lipinski definition) is 4. The summed E-state index contributed by atoms with van der Waals surface area (Å²) in [6, 6.07) is 0. The fourth-order valence-corrected chi connectivity index (χ4v) is 0.763. The monoisotopic (exact) mass is 164 g/mol. The highest BCUT2D eigenvalue weighted by atomic mass is 35.5. The van der Waals surface area contributed by atoms with Crippen LogP contribution in [0.2, 0.25) is 5.02 Å². The summed E-state index contributed by atoms with van der Waals surface area (Å²) >= 11 is 9.37. The first kappa shape index (κ1) is 6.77. The first-order chi connectivity index (χ1) is 4.25. The van der Waals surface area contributed by atoms with Gasteiger partial charge in [-0.05, 0) is 6.92 Å². The molecule has 0 aliphatic carbocycles. The van der Waals surface area contributed by atoms with Crippen LogP contribution in [0.15, 0.2) is 4.52 Å². The molecule has 0 atom stereocenters. The van der Waals surface area contributed by atoms with Crippen molar-refractivity contribution >= 4 is 30.3 Å². The Balaban J connectivity index is 3.04. The van der Waals surface area contributed by atoms with E-state index in [-0.39, 0.29) is 0 Å². The van der Waals surface area contributed by atoms with Crippen LogP contribution < -0.4 is 4.72 Å². The van der Waals surface area contributed by atoms with Gasteiger partial charge in [-0.1, -0.05) is 29.6 Å². The van der Waals surface area contributed by atoms with Gasteiger partial charge in [0.2, 0.25) is 0 Å². The van der Waals surface area contributed by atoms with Crippen molar-refractivity contribution < 1.29 is 4.52 Å². The van der Waals surface area contributed by atoms with Crippen molar-refractivity contribution in [2.24, 2.45) is 0 Å². The van der Waals surface area contributed by atoms with E-state index in [1.165, 1.54) is 0 Å². The van der Waals surface area contributed by atoms with E-state index in [9.17, 15) is 0 Å². The number of rotatable bonds is 1. The van der Waals surface area contributed by atoms with E-state index >= 15 is 0 Å². The Labute approximate surface area is 62.9 Å². The molecule has 1 N–H and O–H groups in total. The van der Waals surface area contributed by atoms with Crippen LogP contribution in [-0.2, 0) is 0 Å². The van der Waals surface area contributed by atoms with Crippen molar-refractivity contribution in [3.63, 3.8) is 0 Å². The van der Waals surface area contributed by atoms with E-state index in [2.05, 4.69) is 27.2 Å². The molecular weight excluding hydrogens is 160 g/mol. The van der Waals surface area contributed by atoms with Gasteiger partial charge < -0.3 is 4.52 Å². The molecule has 0 unspecified atom stereocenters. The second kappa shape index (κ2) is 2.49. The topological polar surface area (TPSA) is 38.1 Å². The Hall–Kier alpha value is -0.350. The molecule has 0 aromatic carbocycles. The summed E-state index contributed by atoms with van der Waals surface area (Å²) in [6.45, 7) is 1.75.